The molecule has 0 atom stereocenters. The lowest BCUT2D eigenvalue weighted by Crippen LogP contribution is -2.05. The Morgan fingerprint density at radius 3 is 2.23 bits per heavy atom. The molecule has 2 aromatic carbocycles. The Morgan fingerprint density at radius 2 is 1.45 bits per heavy atom. The van der Waals surface area contributed by atoms with Gasteiger partial charge in [-0.05, 0) is 36.4 Å². The number of hydrogen-bond acceptors (Lipinski definition) is 5. The number of benzene rings is 2. The van der Waals surface area contributed by atoms with Gasteiger partial charge in [-0.15, -0.1) is 0 Å². The Morgan fingerprint density at radius 1 is 0.818 bits per heavy atom. The first-order valence-corrected chi connectivity index (χ1v) is 7.14. The van der Waals surface area contributed by atoms with Crippen molar-refractivity contribution in [3.8, 4) is 28.7 Å². The first kappa shape index (κ1) is 14.4. The molecule has 1 aliphatic heterocycles. The van der Waals surface area contributed by atoms with Crippen molar-refractivity contribution >= 4 is 0 Å². The van der Waals surface area contributed by atoms with Gasteiger partial charge < -0.3 is 23.7 Å². The van der Waals surface area contributed by atoms with Crippen molar-refractivity contribution < 1.29 is 23.7 Å². The van der Waals surface area contributed by atoms with Gasteiger partial charge in [0.1, 0.15) is 17.2 Å². The van der Waals surface area contributed by atoms with Crippen LogP contribution in [-0.2, 0) is 0 Å². The van der Waals surface area contributed by atoms with E-state index in [1.807, 2.05) is 42.5 Å². The highest BCUT2D eigenvalue weighted by atomic mass is 16.7. The third-order valence-corrected chi connectivity index (χ3v) is 3.23. The first-order valence-electron chi connectivity index (χ1n) is 7.14. The number of ether oxygens (including phenoxy) is 5. The van der Waals surface area contributed by atoms with Crippen LogP contribution in [-0.4, -0.2) is 27.1 Å². The Bertz CT molecular complexity index is 609. The summed E-state index contributed by atoms with van der Waals surface area (Å²) < 4.78 is 27.0. The Balaban J connectivity index is 1.38. The molecule has 0 unspecified atom stereocenters. The van der Waals surface area contributed by atoms with Crippen molar-refractivity contribution in [2.24, 2.45) is 0 Å². The zero-order valence-electron chi connectivity index (χ0n) is 12.4. The quantitative estimate of drug-likeness (QED) is 0.735. The molecular formula is C17H18O5. The largest absolute Gasteiger partial charge is 0.497 e. The lowest BCUT2D eigenvalue weighted by atomic mass is 10.3. The minimum Gasteiger partial charge on any atom is -0.497 e. The van der Waals surface area contributed by atoms with Crippen LogP contribution >= 0.6 is 0 Å². The van der Waals surface area contributed by atoms with Crippen molar-refractivity contribution in [3.63, 3.8) is 0 Å². The Kier molecular flexibility index (Phi) is 4.53. The maximum Gasteiger partial charge on any atom is 0.231 e. The molecule has 1 heterocycles. The van der Waals surface area contributed by atoms with Crippen molar-refractivity contribution in [1.29, 1.82) is 0 Å². The van der Waals surface area contributed by atoms with Crippen molar-refractivity contribution in [3.05, 3.63) is 42.5 Å². The van der Waals surface area contributed by atoms with E-state index in [0.29, 0.717) is 13.2 Å². The van der Waals surface area contributed by atoms with Crippen LogP contribution in [0, 0.1) is 0 Å². The predicted molar refractivity (Wildman–Crippen MR) is 81.2 cm³/mol. The number of rotatable bonds is 7. The summed E-state index contributed by atoms with van der Waals surface area (Å²) in [4.78, 5) is 0. The highest BCUT2D eigenvalue weighted by molar-refractivity contribution is 5.46. The fraction of sp³-hybridized carbons (Fsp3) is 0.294. The summed E-state index contributed by atoms with van der Waals surface area (Å²) in [6.45, 7) is 1.45. The van der Waals surface area contributed by atoms with Gasteiger partial charge in [-0.1, -0.05) is 0 Å². The summed E-state index contributed by atoms with van der Waals surface area (Å²) >= 11 is 0. The highest BCUT2D eigenvalue weighted by Gasteiger charge is 2.13. The Hall–Kier alpha value is -2.56. The van der Waals surface area contributed by atoms with E-state index in [0.717, 1.165) is 35.2 Å². The average molecular weight is 302 g/mol. The van der Waals surface area contributed by atoms with E-state index in [4.69, 9.17) is 23.7 Å². The molecule has 0 fully saturated rings. The van der Waals surface area contributed by atoms with E-state index in [-0.39, 0.29) is 6.79 Å². The Labute approximate surface area is 129 Å². The average Bonchev–Trinajstić information content (AvgIpc) is 3.03. The van der Waals surface area contributed by atoms with Crippen molar-refractivity contribution in [1.82, 2.24) is 0 Å². The fourth-order valence-corrected chi connectivity index (χ4v) is 2.08. The fourth-order valence-electron chi connectivity index (χ4n) is 2.08. The van der Waals surface area contributed by atoms with Gasteiger partial charge >= 0.3 is 0 Å². The molecule has 116 valence electrons. The molecule has 5 nitrogen and oxygen atoms in total. The summed E-state index contributed by atoms with van der Waals surface area (Å²) in [6.07, 6.45) is 0.792. The summed E-state index contributed by atoms with van der Waals surface area (Å²) in [6, 6.07) is 13.1. The van der Waals surface area contributed by atoms with Crippen LogP contribution in [0.5, 0.6) is 28.7 Å². The number of hydrogen-bond donors (Lipinski definition) is 0. The molecule has 5 heteroatoms. The van der Waals surface area contributed by atoms with Crippen LogP contribution in [0.3, 0.4) is 0 Å². The minimum atomic E-state index is 0.272. The minimum absolute atomic E-state index is 0.272. The smallest absolute Gasteiger partial charge is 0.231 e. The summed E-state index contributed by atoms with van der Waals surface area (Å²) in [5.41, 5.74) is 0. The lowest BCUT2D eigenvalue weighted by molar-refractivity contribution is 0.173. The summed E-state index contributed by atoms with van der Waals surface area (Å²) in [5, 5.41) is 0. The number of methoxy groups -OCH3 is 1. The van der Waals surface area contributed by atoms with E-state index in [1.165, 1.54) is 0 Å². The predicted octanol–water partition coefficient (Wildman–Crippen LogP) is 3.27. The van der Waals surface area contributed by atoms with Gasteiger partial charge in [0, 0.05) is 12.5 Å². The zero-order valence-corrected chi connectivity index (χ0v) is 12.4. The molecule has 0 saturated carbocycles. The van der Waals surface area contributed by atoms with E-state index in [9.17, 15) is 0 Å². The van der Waals surface area contributed by atoms with Crippen molar-refractivity contribution in [2.75, 3.05) is 27.1 Å². The maximum atomic E-state index is 5.67. The monoisotopic (exact) mass is 302 g/mol. The molecule has 0 bridgehead atoms. The van der Waals surface area contributed by atoms with Gasteiger partial charge in [-0.2, -0.15) is 0 Å². The van der Waals surface area contributed by atoms with Crippen LogP contribution in [0.4, 0.5) is 0 Å². The number of fused-ring (bicyclic) bond motifs is 1. The molecule has 3 rings (SSSR count). The van der Waals surface area contributed by atoms with Gasteiger partial charge in [0.05, 0.1) is 20.3 Å². The normalized spacial score (nSPS) is 12.0. The molecule has 0 radical (unpaired) electrons. The molecule has 22 heavy (non-hydrogen) atoms. The molecule has 0 N–H and O–H groups in total. The third-order valence-electron chi connectivity index (χ3n) is 3.23. The second kappa shape index (κ2) is 6.93. The van der Waals surface area contributed by atoms with Gasteiger partial charge in [0.15, 0.2) is 11.5 Å². The standard InChI is InChI=1S/C17H18O5/c1-18-13-3-5-14(6-4-13)19-9-2-10-20-15-7-8-16-17(11-15)22-12-21-16/h3-8,11H,2,9-10,12H2,1H3. The topological polar surface area (TPSA) is 46.2 Å². The second-order valence-electron chi connectivity index (χ2n) is 4.74. The molecule has 2 aromatic rings. The van der Waals surface area contributed by atoms with Gasteiger partial charge in [-0.3, -0.25) is 0 Å². The van der Waals surface area contributed by atoms with Crippen LogP contribution in [0.2, 0.25) is 0 Å². The van der Waals surface area contributed by atoms with Crippen LogP contribution in [0.1, 0.15) is 6.42 Å². The van der Waals surface area contributed by atoms with E-state index in [2.05, 4.69) is 0 Å². The van der Waals surface area contributed by atoms with E-state index < -0.39 is 0 Å². The van der Waals surface area contributed by atoms with Crippen LogP contribution in [0.15, 0.2) is 42.5 Å². The zero-order chi connectivity index (χ0) is 15.2. The second-order valence-corrected chi connectivity index (χ2v) is 4.74. The van der Waals surface area contributed by atoms with E-state index in [1.54, 1.807) is 7.11 Å². The molecule has 1 aliphatic rings. The molecule has 0 saturated heterocycles. The van der Waals surface area contributed by atoms with Crippen molar-refractivity contribution in [2.45, 2.75) is 6.42 Å². The molecule has 0 aliphatic carbocycles. The summed E-state index contributed by atoms with van der Waals surface area (Å²) in [7, 11) is 1.64. The molecular weight excluding hydrogens is 284 g/mol. The van der Waals surface area contributed by atoms with Crippen LogP contribution < -0.4 is 23.7 Å². The maximum absolute atomic E-state index is 5.67. The van der Waals surface area contributed by atoms with E-state index >= 15 is 0 Å². The first-order chi connectivity index (χ1) is 10.8. The molecule has 0 aromatic heterocycles. The molecule has 0 amide bonds. The highest BCUT2D eigenvalue weighted by Crippen LogP contribution is 2.35. The van der Waals surface area contributed by atoms with Gasteiger partial charge in [-0.25, -0.2) is 0 Å². The SMILES string of the molecule is COc1ccc(OCCCOc2ccc3c(c2)OCO3)cc1. The molecule has 0 spiro atoms. The third kappa shape index (κ3) is 3.55. The summed E-state index contributed by atoms with van der Waals surface area (Å²) in [5.74, 6) is 3.90. The van der Waals surface area contributed by atoms with Gasteiger partial charge in [0.25, 0.3) is 0 Å². The van der Waals surface area contributed by atoms with Gasteiger partial charge in [0.2, 0.25) is 6.79 Å². The lowest BCUT2D eigenvalue weighted by Gasteiger charge is -2.09. The van der Waals surface area contributed by atoms with Crippen LogP contribution in [0.25, 0.3) is 0 Å².